The number of hydrogen-bond donors (Lipinski definition) is 1. The molecule has 0 radical (unpaired) electrons. The van der Waals surface area contributed by atoms with Crippen molar-refractivity contribution in [3.63, 3.8) is 0 Å². The molecule has 0 unspecified atom stereocenters. The number of rotatable bonds is 8. The fraction of sp³-hybridized carbons (Fsp3) is 0.250. The first kappa shape index (κ1) is 22.1. The van der Waals surface area contributed by atoms with Crippen LogP contribution in [0.25, 0.3) is 5.78 Å². The van der Waals surface area contributed by atoms with E-state index in [1.54, 1.807) is 35.3 Å². The Morgan fingerprint density at radius 1 is 1.06 bits per heavy atom. The highest BCUT2D eigenvalue weighted by molar-refractivity contribution is 5.93. The predicted molar refractivity (Wildman–Crippen MR) is 124 cm³/mol. The lowest BCUT2D eigenvalue weighted by Gasteiger charge is -2.13. The summed E-state index contributed by atoms with van der Waals surface area (Å²) in [7, 11) is 0. The molecule has 170 valence electrons. The molecule has 4 rings (SSSR count). The van der Waals surface area contributed by atoms with Crippen molar-refractivity contribution >= 4 is 17.4 Å². The van der Waals surface area contributed by atoms with Crippen LogP contribution in [-0.2, 0) is 11.4 Å². The summed E-state index contributed by atoms with van der Waals surface area (Å²) >= 11 is 0. The Bertz CT molecular complexity index is 1340. The number of hydrogen-bond acceptors (Lipinski definition) is 6. The summed E-state index contributed by atoms with van der Waals surface area (Å²) in [6.45, 7) is 5.75. The Labute approximate surface area is 190 Å². The Morgan fingerprint density at radius 2 is 1.79 bits per heavy atom. The third-order valence-corrected chi connectivity index (χ3v) is 4.97. The lowest BCUT2D eigenvalue weighted by atomic mass is 10.2. The van der Waals surface area contributed by atoms with Crippen LogP contribution in [-0.4, -0.2) is 31.7 Å². The highest BCUT2D eigenvalue weighted by Crippen LogP contribution is 2.25. The van der Waals surface area contributed by atoms with Crippen LogP contribution < -0.4 is 20.3 Å². The Balaban J connectivity index is 1.43. The average molecular weight is 447 g/mol. The normalized spacial score (nSPS) is 11.0. The van der Waals surface area contributed by atoms with Gasteiger partial charge < -0.3 is 14.8 Å². The SMILES string of the molecule is Cc1ccccc1OCC(=O)Nc1ccccc1OCc1cc(=O)n2c(ncn2C(C)C)n1. The topological polar surface area (TPSA) is 99.7 Å². The molecule has 0 saturated heterocycles. The molecule has 0 bridgehead atoms. The molecule has 0 aliphatic rings. The first-order valence-electron chi connectivity index (χ1n) is 10.6. The molecule has 2 aromatic carbocycles. The van der Waals surface area contributed by atoms with Gasteiger partial charge in [0.1, 0.15) is 24.4 Å². The molecule has 9 heteroatoms. The van der Waals surface area contributed by atoms with Crippen LogP contribution in [0.3, 0.4) is 0 Å². The van der Waals surface area contributed by atoms with E-state index in [1.807, 2.05) is 45.0 Å². The highest BCUT2D eigenvalue weighted by Gasteiger charge is 2.13. The number of para-hydroxylation sites is 3. The largest absolute Gasteiger partial charge is 0.485 e. The molecule has 2 aromatic heterocycles. The lowest BCUT2D eigenvalue weighted by Crippen LogP contribution is -2.23. The predicted octanol–water partition coefficient (Wildman–Crippen LogP) is 3.38. The molecule has 0 fully saturated rings. The number of aromatic nitrogens is 4. The molecule has 33 heavy (non-hydrogen) atoms. The monoisotopic (exact) mass is 447 g/mol. The molecule has 2 heterocycles. The van der Waals surface area contributed by atoms with Crippen LogP contribution in [0.4, 0.5) is 5.69 Å². The number of aryl methyl sites for hydroxylation is 1. The summed E-state index contributed by atoms with van der Waals surface area (Å²) < 4.78 is 14.6. The van der Waals surface area contributed by atoms with Gasteiger partial charge >= 0.3 is 0 Å². The van der Waals surface area contributed by atoms with Gasteiger partial charge in [-0.15, -0.1) is 0 Å². The number of carbonyl (C=O) groups is 1. The smallest absolute Gasteiger partial charge is 0.274 e. The maximum absolute atomic E-state index is 12.6. The van der Waals surface area contributed by atoms with Crippen molar-refractivity contribution in [2.24, 2.45) is 0 Å². The van der Waals surface area contributed by atoms with Crippen molar-refractivity contribution in [3.05, 3.63) is 82.5 Å². The number of anilines is 1. The maximum Gasteiger partial charge on any atom is 0.274 e. The van der Waals surface area contributed by atoms with Crippen LogP contribution in [0.15, 0.2) is 65.7 Å². The lowest BCUT2D eigenvalue weighted by molar-refractivity contribution is -0.118. The van der Waals surface area contributed by atoms with Crippen molar-refractivity contribution in [3.8, 4) is 11.5 Å². The van der Waals surface area contributed by atoms with E-state index in [1.165, 1.54) is 10.6 Å². The van der Waals surface area contributed by atoms with Crippen LogP contribution in [0.5, 0.6) is 11.5 Å². The van der Waals surface area contributed by atoms with E-state index in [-0.39, 0.29) is 30.7 Å². The fourth-order valence-electron chi connectivity index (χ4n) is 3.31. The van der Waals surface area contributed by atoms with Crippen molar-refractivity contribution in [2.75, 3.05) is 11.9 Å². The Morgan fingerprint density at radius 3 is 2.55 bits per heavy atom. The van der Waals surface area contributed by atoms with E-state index in [4.69, 9.17) is 9.47 Å². The van der Waals surface area contributed by atoms with Crippen molar-refractivity contribution in [2.45, 2.75) is 33.4 Å². The summed E-state index contributed by atoms with van der Waals surface area (Å²) in [5.41, 5.74) is 1.66. The second-order valence-electron chi connectivity index (χ2n) is 7.80. The molecule has 0 saturated carbocycles. The molecule has 9 nitrogen and oxygen atoms in total. The molecule has 0 aliphatic carbocycles. The average Bonchev–Trinajstić information content (AvgIpc) is 3.23. The zero-order valence-electron chi connectivity index (χ0n) is 18.7. The minimum Gasteiger partial charge on any atom is -0.485 e. The van der Waals surface area contributed by atoms with E-state index in [2.05, 4.69) is 15.3 Å². The molecule has 0 aliphatic heterocycles. The van der Waals surface area contributed by atoms with Gasteiger partial charge in [-0.1, -0.05) is 30.3 Å². The van der Waals surface area contributed by atoms with E-state index in [9.17, 15) is 9.59 Å². The van der Waals surface area contributed by atoms with Gasteiger partial charge in [-0.2, -0.15) is 9.50 Å². The molecule has 0 atom stereocenters. The Hall–Kier alpha value is -4.14. The zero-order valence-corrected chi connectivity index (χ0v) is 18.7. The minimum atomic E-state index is -0.314. The fourth-order valence-corrected chi connectivity index (χ4v) is 3.31. The van der Waals surface area contributed by atoms with Gasteiger partial charge in [0.15, 0.2) is 6.61 Å². The summed E-state index contributed by atoms with van der Waals surface area (Å²) in [6, 6.07) is 16.0. The van der Waals surface area contributed by atoms with Gasteiger partial charge in [0.05, 0.1) is 11.4 Å². The highest BCUT2D eigenvalue weighted by atomic mass is 16.5. The quantitative estimate of drug-likeness (QED) is 0.445. The molecule has 4 aromatic rings. The first-order chi connectivity index (χ1) is 15.9. The van der Waals surface area contributed by atoms with Crippen LogP contribution in [0.1, 0.15) is 31.1 Å². The van der Waals surface area contributed by atoms with Crippen LogP contribution in [0.2, 0.25) is 0 Å². The van der Waals surface area contributed by atoms with Gasteiger partial charge in [-0.3, -0.25) is 14.3 Å². The summed E-state index contributed by atoms with van der Waals surface area (Å²) in [5.74, 6) is 1.11. The number of carbonyl (C=O) groups excluding carboxylic acids is 1. The van der Waals surface area contributed by atoms with Gasteiger partial charge in [-0.05, 0) is 44.5 Å². The summed E-state index contributed by atoms with van der Waals surface area (Å²) in [5, 5.41) is 2.80. The van der Waals surface area contributed by atoms with Gasteiger partial charge in [0.2, 0.25) is 0 Å². The molecule has 0 spiro atoms. The second kappa shape index (κ2) is 9.56. The first-order valence-corrected chi connectivity index (χ1v) is 10.6. The number of nitrogens with one attached hydrogen (secondary N) is 1. The van der Waals surface area contributed by atoms with Gasteiger partial charge in [-0.25, -0.2) is 4.98 Å². The molecule has 1 N–H and O–H groups in total. The molecular formula is C24H25N5O4. The van der Waals surface area contributed by atoms with Gasteiger partial charge in [0.25, 0.3) is 17.2 Å². The van der Waals surface area contributed by atoms with Crippen molar-refractivity contribution in [1.82, 2.24) is 19.2 Å². The van der Waals surface area contributed by atoms with Gasteiger partial charge in [0, 0.05) is 12.1 Å². The minimum absolute atomic E-state index is 0.0485. The maximum atomic E-state index is 12.6. The standard InChI is InChI=1S/C24H25N5O4/c1-16(2)28-15-25-24-26-18(12-23(31)29(24)28)13-32-21-11-7-5-9-19(21)27-22(30)14-33-20-10-6-4-8-17(20)3/h4-12,15-16H,13-14H2,1-3H3,(H,27,30). The zero-order chi connectivity index (χ0) is 23.4. The van der Waals surface area contributed by atoms with Crippen molar-refractivity contribution in [1.29, 1.82) is 0 Å². The van der Waals surface area contributed by atoms with Crippen molar-refractivity contribution < 1.29 is 14.3 Å². The molecular weight excluding hydrogens is 422 g/mol. The van der Waals surface area contributed by atoms with E-state index in [0.717, 1.165) is 5.56 Å². The number of ether oxygens (including phenoxy) is 2. The summed E-state index contributed by atoms with van der Waals surface area (Å²) in [6.07, 6.45) is 1.59. The number of amides is 1. The third kappa shape index (κ3) is 5.03. The third-order valence-electron chi connectivity index (χ3n) is 4.97. The number of benzene rings is 2. The van der Waals surface area contributed by atoms with E-state index in [0.29, 0.717) is 28.7 Å². The number of fused-ring (bicyclic) bond motifs is 1. The van der Waals surface area contributed by atoms with Crippen LogP contribution >= 0.6 is 0 Å². The van der Waals surface area contributed by atoms with E-state index < -0.39 is 0 Å². The molecule has 1 amide bonds. The van der Waals surface area contributed by atoms with E-state index >= 15 is 0 Å². The second-order valence-corrected chi connectivity index (χ2v) is 7.80. The Kier molecular flexibility index (Phi) is 6.39. The number of nitrogens with zero attached hydrogens (tertiary/aromatic N) is 4. The van der Waals surface area contributed by atoms with Crippen LogP contribution in [0, 0.1) is 6.92 Å². The summed E-state index contributed by atoms with van der Waals surface area (Å²) in [4.78, 5) is 33.6.